The second kappa shape index (κ2) is 8.12. The summed E-state index contributed by atoms with van der Waals surface area (Å²) < 4.78 is 10.5. The molecule has 3 rings (SSSR count). The summed E-state index contributed by atoms with van der Waals surface area (Å²) in [5.74, 6) is -0.296. The van der Waals surface area contributed by atoms with Gasteiger partial charge in [0.25, 0.3) is 0 Å². The number of nitrogens with zero attached hydrogens (tertiary/aromatic N) is 1. The summed E-state index contributed by atoms with van der Waals surface area (Å²) in [6.45, 7) is 0.646. The molecular weight excluding hydrogens is 346 g/mol. The van der Waals surface area contributed by atoms with Crippen LogP contribution in [0, 0.1) is 0 Å². The van der Waals surface area contributed by atoms with Gasteiger partial charge in [0.15, 0.2) is 0 Å². The first-order valence-corrected chi connectivity index (χ1v) is 8.82. The minimum atomic E-state index is -0.905. The predicted molar refractivity (Wildman–Crippen MR) is 100 cm³/mol. The van der Waals surface area contributed by atoms with E-state index in [1.54, 1.807) is 25.2 Å². The van der Waals surface area contributed by atoms with Crippen LogP contribution in [0.3, 0.4) is 0 Å². The summed E-state index contributed by atoms with van der Waals surface area (Å²) in [7, 11) is 3.17. The maximum absolute atomic E-state index is 12.7. The Morgan fingerprint density at radius 3 is 2.41 bits per heavy atom. The molecule has 1 unspecified atom stereocenters. The second-order valence-corrected chi connectivity index (χ2v) is 6.58. The number of carboxylic acid groups (broad SMARTS) is 1. The molecule has 0 spiro atoms. The van der Waals surface area contributed by atoms with Crippen molar-refractivity contribution in [2.24, 2.45) is 0 Å². The summed E-state index contributed by atoms with van der Waals surface area (Å²) in [6.07, 6.45) is 0.826. The first kappa shape index (κ1) is 18.8. The van der Waals surface area contributed by atoms with Crippen LogP contribution in [0.15, 0.2) is 42.5 Å². The third-order valence-electron chi connectivity index (χ3n) is 4.88. The Kier molecular flexibility index (Phi) is 5.64. The van der Waals surface area contributed by atoms with Gasteiger partial charge in [-0.15, -0.1) is 0 Å². The van der Waals surface area contributed by atoms with Crippen molar-refractivity contribution >= 4 is 11.9 Å². The van der Waals surface area contributed by atoms with Gasteiger partial charge >= 0.3 is 5.97 Å². The molecule has 0 saturated heterocycles. The molecule has 0 bridgehead atoms. The number of carbonyl (C=O) groups is 2. The lowest BCUT2D eigenvalue weighted by Crippen LogP contribution is -2.40. The smallest absolute Gasteiger partial charge is 0.312 e. The first-order valence-electron chi connectivity index (χ1n) is 8.82. The van der Waals surface area contributed by atoms with Crippen molar-refractivity contribution in [3.63, 3.8) is 0 Å². The van der Waals surface area contributed by atoms with E-state index in [9.17, 15) is 14.7 Å². The minimum Gasteiger partial charge on any atom is -0.497 e. The third kappa shape index (κ3) is 4.22. The van der Waals surface area contributed by atoms with Gasteiger partial charge in [-0.2, -0.15) is 0 Å². The standard InChI is InChI=1S/C21H23NO5/c1-26-16-9-14(10-17(11-16)27-2)7-8-20(23)22-12-15-5-3-4-6-18(15)19(13-22)21(24)25/h3-6,9-11,19H,7-8,12-13H2,1-2H3,(H,24,25). The lowest BCUT2D eigenvalue weighted by atomic mass is 9.89. The van der Waals surface area contributed by atoms with Crippen LogP contribution in [0.25, 0.3) is 0 Å². The van der Waals surface area contributed by atoms with Crippen molar-refractivity contribution in [2.45, 2.75) is 25.3 Å². The Hall–Kier alpha value is -3.02. The molecule has 1 heterocycles. The quantitative estimate of drug-likeness (QED) is 0.847. The Morgan fingerprint density at radius 2 is 1.78 bits per heavy atom. The number of aryl methyl sites for hydroxylation is 1. The average molecular weight is 369 g/mol. The maximum atomic E-state index is 12.7. The highest BCUT2D eigenvalue weighted by Gasteiger charge is 2.32. The number of hydrogen-bond acceptors (Lipinski definition) is 4. The molecule has 1 aliphatic rings. The van der Waals surface area contributed by atoms with E-state index in [1.165, 1.54) is 0 Å². The van der Waals surface area contributed by atoms with Crippen LogP contribution in [-0.4, -0.2) is 42.6 Å². The van der Waals surface area contributed by atoms with E-state index in [2.05, 4.69) is 0 Å². The van der Waals surface area contributed by atoms with Gasteiger partial charge < -0.3 is 19.5 Å². The zero-order chi connectivity index (χ0) is 19.4. The van der Waals surface area contributed by atoms with Gasteiger partial charge in [0.05, 0.1) is 20.1 Å². The van der Waals surface area contributed by atoms with Crippen LogP contribution in [0.2, 0.25) is 0 Å². The van der Waals surface area contributed by atoms with Crippen molar-refractivity contribution in [3.05, 3.63) is 59.2 Å². The minimum absolute atomic E-state index is 0.0578. The van der Waals surface area contributed by atoms with E-state index in [0.29, 0.717) is 30.9 Å². The number of carboxylic acids is 1. The molecule has 6 heteroatoms. The Morgan fingerprint density at radius 1 is 1.11 bits per heavy atom. The fourth-order valence-electron chi connectivity index (χ4n) is 3.43. The third-order valence-corrected chi connectivity index (χ3v) is 4.88. The lowest BCUT2D eigenvalue weighted by molar-refractivity contribution is -0.141. The van der Waals surface area contributed by atoms with E-state index < -0.39 is 11.9 Å². The van der Waals surface area contributed by atoms with Crippen molar-refractivity contribution in [1.82, 2.24) is 4.90 Å². The number of aliphatic carboxylic acids is 1. The van der Waals surface area contributed by atoms with Gasteiger partial charge in [-0.25, -0.2) is 0 Å². The highest BCUT2D eigenvalue weighted by Crippen LogP contribution is 2.29. The number of carbonyl (C=O) groups excluding carboxylic acids is 1. The molecule has 2 aromatic carbocycles. The molecule has 1 N–H and O–H groups in total. The topological polar surface area (TPSA) is 76.1 Å². The lowest BCUT2D eigenvalue weighted by Gasteiger charge is -2.33. The maximum Gasteiger partial charge on any atom is 0.312 e. The monoisotopic (exact) mass is 369 g/mol. The Labute approximate surface area is 158 Å². The molecule has 0 saturated carbocycles. The average Bonchev–Trinajstić information content (AvgIpc) is 2.70. The summed E-state index contributed by atoms with van der Waals surface area (Å²) in [4.78, 5) is 26.0. The normalized spacial score (nSPS) is 15.8. The van der Waals surface area contributed by atoms with Crippen LogP contribution < -0.4 is 9.47 Å². The molecule has 1 atom stereocenters. The number of ether oxygens (including phenoxy) is 2. The van der Waals surface area contributed by atoms with Gasteiger partial charge in [0.2, 0.25) is 5.91 Å². The molecule has 6 nitrogen and oxygen atoms in total. The van der Waals surface area contributed by atoms with E-state index in [-0.39, 0.29) is 12.5 Å². The van der Waals surface area contributed by atoms with Crippen LogP contribution in [0.4, 0.5) is 0 Å². The number of rotatable bonds is 6. The van der Waals surface area contributed by atoms with Gasteiger partial charge in [0, 0.05) is 25.6 Å². The number of fused-ring (bicyclic) bond motifs is 1. The van der Waals surface area contributed by atoms with Crippen molar-refractivity contribution in [2.75, 3.05) is 20.8 Å². The predicted octanol–water partition coefficient (Wildman–Crippen LogP) is 2.85. The van der Waals surface area contributed by atoms with Crippen molar-refractivity contribution in [3.8, 4) is 11.5 Å². The molecule has 0 aliphatic carbocycles. The second-order valence-electron chi connectivity index (χ2n) is 6.58. The van der Waals surface area contributed by atoms with Gasteiger partial charge in [-0.3, -0.25) is 9.59 Å². The Bertz CT molecular complexity index is 826. The highest BCUT2D eigenvalue weighted by molar-refractivity contribution is 5.81. The fourth-order valence-corrected chi connectivity index (χ4v) is 3.43. The molecule has 1 aliphatic heterocycles. The number of benzene rings is 2. The number of amides is 1. The van der Waals surface area contributed by atoms with Crippen LogP contribution in [-0.2, 0) is 22.6 Å². The van der Waals surface area contributed by atoms with Crippen LogP contribution >= 0.6 is 0 Å². The number of hydrogen-bond donors (Lipinski definition) is 1. The molecule has 0 aromatic heterocycles. The van der Waals surface area contributed by atoms with Gasteiger partial charge in [-0.1, -0.05) is 24.3 Å². The SMILES string of the molecule is COc1cc(CCC(=O)N2Cc3ccccc3C(C(=O)O)C2)cc(OC)c1. The molecule has 27 heavy (non-hydrogen) atoms. The van der Waals surface area contributed by atoms with Crippen LogP contribution in [0.1, 0.15) is 29.0 Å². The van der Waals surface area contributed by atoms with E-state index in [4.69, 9.17) is 9.47 Å². The van der Waals surface area contributed by atoms with Crippen molar-refractivity contribution < 1.29 is 24.2 Å². The van der Waals surface area contributed by atoms with Crippen molar-refractivity contribution in [1.29, 1.82) is 0 Å². The van der Waals surface area contributed by atoms with Gasteiger partial charge in [-0.05, 0) is 35.2 Å². The molecule has 142 valence electrons. The molecule has 1 amide bonds. The molecule has 0 fully saturated rings. The summed E-state index contributed by atoms with van der Waals surface area (Å²) in [5, 5.41) is 9.54. The molecule has 2 aromatic rings. The summed E-state index contributed by atoms with van der Waals surface area (Å²) >= 11 is 0. The zero-order valence-corrected chi connectivity index (χ0v) is 15.5. The van der Waals surface area contributed by atoms with E-state index >= 15 is 0 Å². The summed E-state index contributed by atoms with van der Waals surface area (Å²) in [5.41, 5.74) is 2.63. The molecular formula is C21H23NO5. The van der Waals surface area contributed by atoms with E-state index in [1.807, 2.05) is 36.4 Å². The Balaban J connectivity index is 1.71. The van der Waals surface area contributed by atoms with E-state index in [0.717, 1.165) is 16.7 Å². The zero-order valence-electron chi connectivity index (χ0n) is 15.5. The fraction of sp³-hybridized carbons (Fsp3) is 0.333. The first-order chi connectivity index (χ1) is 13.0. The number of methoxy groups -OCH3 is 2. The van der Waals surface area contributed by atoms with Gasteiger partial charge in [0.1, 0.15) is 11.5 Å². The highest BCUT2D eigenvalue weighted by atomic mass is 16.5. The largest absolute Gasteiger partial charge is 0.497 e. The summed E-state index contributed by atoms with van der Waals surface area (Å²) in [6, 6.07) is 13.0. The van der Waals surface area contributed by atoms with Crippen LogP contribution in [0.5, 0.6) is 11.5 Å². The molecule has 0 radical (unpaired) electrons.